The normalized spacial score (nSPS) is 17.1. The molecule has 0 bridgehead atoms. The molecular formula is C23H18F5N5O3S. The smallest absolute Gasteiger partial charge is 0.294 e. The molecule has 0 atom stereocenters. The summed E-state index contributed by atoms with van der Waals surface area (Å²) in [5, 5.41) is 12.3. The third-order valence-electron chi connectivity index (χ3n) is 6.54. The molecule has 3 heterocycles. The van der Waals surface area contributed by atoms with E-state index in [-0.39, 0.29) is 27.5 Å². The van der Waals surface area contributed by atoms with E-state index in [1.807, 2.05) is 0 Å². The summed E-state index contributed by atoms with van der Waals surface area (Å²) in [6, 6.07) is 1.23. The number of benzene rings is 1. The predicted molar refractivity (Wildman–Crippen MR) is 120 cm³/mol. The number of hydrogen-bond donors (Lipinski definition) is 2. The lowest BCUT2D eigenvalue weighted by molar-refractivity contribution is -0.147. The molecule has 2 aromatic heterocycles. The van der Waals surface area contributed by atoms with Crippen LogP contribution in [0.2, 0.25) is 0 Å². The molecule has 194 valence electrons. The molecule has 0 radical (unpaired) electrons. The van der Waals surface area contributed by atoms with Gasteiger partial charge in [-0.2, -0.15) is 0 Å². The summed E-state index contributed by atoms with van der Waals surface area (Å²) in [5.41, 5.74) is -0.0346. The summed E-state index contributed by atoms with van der Waals surface area (Å²) in [5.74, 6) is -10.7. The monoisotopic (exact) mass is 539 g/mol. The lowest BCUT2D eigenvalue weighted by atomic mass is 9.73. The summed E-state index contributed by atoms with van der Waals surface area (Å²) in [6.07, 6.45) is -0.542. The zero-order valence-electron chi connectivity index (χ0n) is 19.1. The van der Waals surface area contributed by atoms with Crippen molar-refractivity contribution in [1.29, 1.82) is 0 Å². The Morgan fingerprint density at radius 1 is 1.11 bits per heavy atom. The number of rotatable bonds is 6. The largest absolute Gasteiger partial charge is 0.341 e. The molecule has 1 aromatic carbocycles. The van der Waals surface area contributed by atoms with Crippen LogP contribution in [0.3, 0.4) is 0 Å². The van der Waals surface area contributed by atoms with Crippen molar-refractivity contribution >= 4 is 34.6 Å². The van der Waals surface area contributed by atoms with Crippen LogP contribution in [0.25, 0.3) is 0 Å². The minimum absolute atomic E-state index is 0.0350. The molecular weight excluding hydrogens is 521 g/mol. The zero-order valence-corrected chi connectivity index (χ0v) is 19.9. The lowest BCUT2D eigenvalue weighted by Crippen LogP contribution is -2.61. The van der Waals surface area contributed by atoms with E-state index < -0.39 is 59.4 Å². The molecule has 1 saturated carbocycles. The highest BCUT2D eigenvalue weighted by Crippen LogP contribution is 2.52. The number of ketones is 1. The summed E-state index contributed by atoms with van der Waals surface area (Å²) in [7, 11) is 0. The van der Waals surface area contributed by atoms with Gasteiger partial charge in [0.25, 0.3) is 23.5 Å². The van der Waals surface area contributed by atoms with Gasteiger partial charge in [-0.3, -0.25) is 14.4 Å². The molecule has 0 saturated heterocycles. The standard InChI is InChI=1S/C23H18F5N5O3S/c1-10-15(19(35)30-11-5-12(24)16(26)13(25)6-11)14-3-2-4-33(14)17(10)18(34)20(36)31-22(7-23(27,28)8-22)21-32-29-9-37-21/h5-6,9H,2-4,7-8H2,1H3,(H,30,35)(H,31,36). The zero-order chi connectivity index (χ0) is 26.7. The fourth-order valence-electron chi connectivity index (χ4n) is 5.02. The van der Waals surface area contributed by atoms with Gasteiger partial charge in [0.2, 0.25) is 0 Å². The quantitative estimate of drug-likeness (QED) is 0.214. The summed E-state index contributed by atoms with van der Waals surface area (Å²) < 4.78 is 69.6. The number of alkyl halides is 2. The second-order valence-corrected chi connectivity index (χ2v) is 9.91. The van der Waals surface area contributed by atoms with Gasteiger partial charge in [0.05, 0.1) is 11.3 Å². The maximum absolute atomic E-state index is 13.8. The van der Waals surface area contributed by atoms with Crippen molar-refractivity contribution < 1.29 is 36.3 Å². The Morgan fingerprint density at radius 3 is 2.38 bits per heavy atom. The molecule has 1 aliphatic heterocycles. The number of halogens is 5. The maximum Gasteiger partial charge on any atom is 0.294 e. The third-order valence-corrected chi connectivity index (χ3v) is 7.44. The predicted octanol–water partition coefficient (Wildman–Crippen LogP) is 3.89. The molecule has 5 rings (SSSR count). The molecule has 1 fully saturated rings. The number of carbonyl (C=O) groups is 3. The van der Waals surface area contributed by atoms with Gasteiger partial charge >= 0.3 is 0 Å². The van der Waals surface area contributed by atoms with E-state index in [9.17, 15) is 36.3 Å². The van der Waals surface area contributed by atoms with Gasteiger partial charge in [-0.25, -0.2) is 22.0 Å². The molecule has 37 heavy (non-hydrogen) atoms. The Kier molecular flexibility index (Phi) is 5.89. The van der Waals surface area contributed by atoms with Crippen molar-refractivity contribution in [2.45, 2.75) is 50.6 Å². The van der Waals surface area contributed by atoms with Gasteiger partial charge in [0.1, 0.15) is 16.1 Å². The van der Waals surface area contributed by atoms with Crippen LogP contribution in [-0.2, 0) is 23.3 Å². The van der Waals surface area contributed by atoms with E-state index in [4.69, 9.17) is 0 Å². The molecule has 0 spiro atoms. The first kappa shape index (κ1) is 25.0. The molecule has 1 aliphatic carbocycles. The summed E-state index contributed by atoms with van der Waals surface area (Å²) in [4.78, 5) is 39.3. The number of aromatic nitrogens is 3. The number of anilines is 1. The second kappa shape index (κ2) is 8.71. The average Bonchev–Trinajstić information content (AvgIpc) is 3.53. The molecule has 2 amide bonds. The van der Waals surface area contributed by atoms with Crippen molar-refractivity contribution in [1.82, 2.24) is 20.1 Å². The van der Waals surface area contributed by atoms with Gasteiger partial charge in [0.15, 0.2) is 17.5 Å². The fourth-order valence-corrected chi connectivity index (χ4v) is 5.73. The Hall–Kier alpha value is -3.68. The summed E-state index contributed by atoms with van der Waals surface area (Å²) in [6.45, 7) is 1.75. The third kappa shape index (κ3) is 4.18. The van der Waals surface area contributed by atoms with Crippen molar-refractivity contribution in [3.63, 3.8) is 0 Å². The van der Waals surface area contributed by atoms with Gasteiger partial charge in [-0.05, 0) is 25.3 Å². The summed E-state index contributed by atoms with van der Waals surface area (Å²) >= 11 is 0.974. The minimum Gasteiger partial charge on any atom is -0.341 e. The van der Waals surface area contributed by atoms with Crippen LogP contribution < -0.4 is 10.6 Å². The number of fused-ring (bicyclic) bond motifs is 1. The minimum atomic E-state index is -3.04. The molecule has 0 unspecified atom stereocenters. The Labute approximate surface area is 209 Å². The van der Waals surface area contributed by atoms with E-state index in [0.29, 0.717) is 37.2 Å². The highest BCUT2D eigenvalue weighted by Gasteiger charge is 2.60. The van der Waals surface area contributed by atoms with Crippen LogP contribution in [0.15, 0.2) is 17.6 Å². The van der Waals surface area contributed by atoms with Crippen molar-refractivity contribution in [2.75, 3.05) is 5.32 Å². The van der Waals surface area contributed by atoms with Crippen LogP contribution in [0.5, 0.6) is 0 Å². The topological polar surface area (TPSA) is 106 Å². The first-order chi connectivity index (χ1) is 17.4. The van der Waals surface area contributed by atoms with Gasteiger partial charge in [-0.1, -0.05) is 0 Å². The molecule has 8 nitrogen and oxygen atoms in total. The van der Waals surface area contributed by atoms with Crippen LogP contribution >= 0.6 is 11.3 Å². The number of amides is 2. The van der Waals surface area contributed by atoms with Crippen molar-refractivity contribution in [3.8, 4) is 0 Å². The molecule has 2 N–H and O–H groups in total. The van der Waals surface area contributed by atoms with E-state index in [0.717, 1.165) is 11.3 Å². The molecule has 3 aromatic rings. The number of hydrogen-bond acceptors (Lipinski definition) is 6. The highest BCUT2D eigenvalue weighted by atomic mass is 32.1. The Bertz CT molecular complexity index is 1420. The van der Waals surface area contributed by atoms with E-state index in [1.54, 1.807) is 0 Å². The second-order valence-electron chi connectivity index (χ2n) is 9.08. The van der Waals surface area contributed by atoms with Crippen LogP contribution in [0, 0.1) is 24.4 Å². The number of carbonyl (C=O) groups excluding carboxylic acids is 3. The number of Topliss-reactive ketones (excluding diaryl/α,β-unsaturated/α-hetero) is 1. The first-order valence-corrected chi connectivity index (χ1v) is 12.0. The fraction of sp³-hybridized carbons (Fsp3) is 0.348. The average molecular weight is 539 g/mol. The van der Waals surface area contributed by atoms with Crippen molar-refractivity contribution in [2.24, 2.45) is 0 Å². The van der Waals surface area contributed by atoms with Crippen LogP contribution in [0.1, 0.15) is 56.4 Å². The van der Waals surface area contributed by atoms with Gasteiger partial charge in [0, 0.05) is 42.9 Å². The Balaban J connectivity index is 1.44. The van der Waals surface area contributed by atoms with Gasteiger partial charge in [-0.15, -0.1) is 21.5 Å². The Morgan fingerprint density at radius 2 is 1.78 bits per heavy atom. The van der Waals surface area contributed by atoms with E-state index >= 15 is 0 Å². The maximum atomic E-state index is 13.8. The highest BCUT2D eigenvalue weighted by molar-refractivity contribution is 7.09. The van der Waals surface area contributed by atoms with Crippen LogP contribution in [-0.4, -0.2) is 38.3 Å². The van der Waals surface area contributed by atoms with E-state index in [1.165, 1.54) is 17.0 Å². The van der Waals surface area contributed by atoms with Crippen molar-refractivity contribution in [3.05, 3.63) is 62.6 Å². The molecule has 14 heteroatoms. The SMILES string of the molecule is Cc1c(C(=O)Nc2cc(F)c(F)c(F)c2)c2n(c1C(=O)C(=O)NC1(c3nncs3)CC(F)(F)C1)CCC2. The van der Waals surface area contributed by atoms with E-state index in [2.05, 4.69) is 20.8 Å². The number of nitrogens with one attached hydrogen (secondary N) is 2. The molecule has 2 aliphatic rings. The lowest BCUT2D eigenvalue weighted by Gasteiger charge is -2.45. The first-order valence-electron chi connectivity index (χ1n) is 11.1. The van der Waals surface area contributed by atoms with Crippen LogP contribution in [0.4, 0.5) is 27.6 Å². The number of nitrogens with zero attached hydrogens (tertiary/aromatic N) is 3. The van der Waals surface area contributed by atoms with Gasteiger partial charge < -0.3 is 15.2 Å².